The van der Waals surface area contributed by atoms with Crippen molar-refractivity contribution in [1.29, 1.82) is 0 Å². The van der Waals surface area contributed by atoms with Crippen molar-refractivity contribution in [2.75, 3.05) is 6.54 Å². The van der Waals surface area contributed by atoms with E-state index in [1.54, 1.807) is 30.5 Å². The van der Waals surface area contributed by atoms with Crippen LogP contribution in [-0.4, -0.2) is 34.7 Å². The Morgan fingerprint density at radius 1 is 1.35 bits per heavy atom. The van der Waals surface area contributed by atoms with Crippen LogP contribution in [-0.2, 0) is 11.3 Å². The molecule has 1 aliphatic heterocycles. The molecule has 1 amide bonds. The topological polar surface area (TPSA) is 83.5 Å². The van der Waals surface area contributed by atoms with E-state index in [9.17, 15) is 14.3 Å². The summed E-state index contributed by atoms with van der Waals surface area (Å²) in [6, 6.07) is 8.88. The number of benzene rings is 1. The maximum absolute atomic E-state index is 13.2. The van der Waals surface area contributed by atoms with Gasteiger partial charge in [0.1, 0.15) is 11.6 Å². The van der Waals surface area contributed by atoms with E-state index in [-0.39, 0.29) is 37.3 Å². The van der Waals surface area contributed by atoms with Crippen LogP contribution in [0, 0.1) is 5.82 Å². The molecule has 1 aliphatic rings. The second-order valence-electron chi connectivity index (χ2n) is 5.60. The molecule has 0 spiro atoms. The number of nitrogens with one attached hydrogen (secondary N) is 2. The second kappa shape index (κ2) is 10.3. The van der Waals surface area contributed by atoms with Gasteiger partial charge in [-0.05, 0) is 24.6 Å². The SMILES string of the molecule is Cl.Cl.O=C(NCc1cccnc1Oc1cccc(F)c1)C1CC(O)CN1. The summed E-state index contributed by atoms with van der Waals surface area (Å²) in [4.78, 5) is 16.2. The number of aliphatic hydroxyl groups is 1. The molecule has 3 N–H and O–H groups in total. The number of amides is 1. The predicted octanol–water partition coefficient (Wildman–Crippen LogP) is 2.20. The third kappa shape index (κ3) is 5.81. The van der Waals surface area contributed by atoms with Crippen molar-refractivity contribution in [2.24, 2.45) is 0 Å². The van der Waals surface area contributed by atoms with E-state index in [1.165, 1.54) is 12.1 Å². The fourth-order valence-electron chi connectivity index (χ4n) is 2.51. The molecule has 6 nitrogen and oxygen atoms in total. The van der Waals surface area contributed by atoms with Gasteiger partial charge in [-0.25, -0.2) is 9.37 Å². The van der Waals surface area contributed by atoms with Crippen LogP contribution in [0.3, 0.4) is 0 Å². The van der Waals surface area contributed by atoms with Gasteiger partial charge in [-0.15, -0.1) is 24.8 Å². The molecule has 2 aromatic rings. The summed E-state index contributed by atoms with van der Waals surface area (Å²) in [5.41, 5.74) is 0.675. The van der Waals surface area contributed by atoms with Gasteiger partial charge in [-0.1, -0.05) is 12.1 Å². The summed E-state index contributed by atoms with van der Waals surface area (Å²) in [6.45, 7) is 0.643. The summed E-state index contributed by atoms with van der Waals surface area (Å²) >= 11 is 0. The molecule has 0 saturated carbocycles. The number of nitrogens with zero attached hydrogens (tertiary/aromatic N) is 1. The number of ether oxygens (including phenoxy) is 1. The van der Waals surface area contributed by atoms with E-state index in [2.05, 4.69) is 15.6 Å². The number of halogens is 3. The van der Waals surface area contributed by atoms with Crippen LogP contribution in [0.4, 0.5) is 4.39 Å². The number of carbonyl (C=O) groups excluding carboxylic acids is 1. The highest BCUT2D eigenvalue weighted by Gasteiger charge is 2.27. The molecule has 142 valence electrons. The van der Waals surface area contributed by atoms with Gasteiger partial charge in [0, 0.05) is 30.9 Å². The van der Waals surface area contributed by atoms with E-state index in [4.69, 9.17) is 4.74 Å². The zero-order valence-corrected chi connectivity index (χ0v) is 15.4. The minimum atomic E-state index is -0.494. The average Bonchev–Trinajstić information content (AvgIpc) is 3.00. The minimum absolute atomic E-state index is 0. The zero-order chi connectivity index (χ0) is 16.9. The van der Waals surface area contributed by atoms with Crippen LogP contribution in [0.2, 0.25) is 0 Å². The molecule has 2 heterocycles. The van der Waals surface area contributed by atoms with E-state index in [0.717, 1.165) is 0 Å². The van der Waals surface area contributed by atoms with Crippen LogP contribution in [0.5, 0.6) is 11.6 Å². The van der Waals surface area contributed by atoms with Crippen LogP contribution < -0.4 is 15.4 Å². The van der Waals surface area contributed by atoms with Crippen LogP contribution >= 0.6 is 24.8 Å². The van der Waals surface area contributed by atoms with Crippen molar-refractivity contribution >= 4 is 30.7 Å². The summed E-state index contributed by atoms with van der Waals surface area (Å²) in [5, 5.41) is 15.2. The van der Waals surface area contributed by atoms with Crippen molar-refractivity contribution in [1.82, 2.24) is 15.6 Å². The lowest BCUT2D eigenvalue weighted by atomic mass is 10.2. The van der Waals surface area contributed by atoms with Gasteiger partial charge in [0.2, 0.25) is 11.8 Å². The van der Waals surface area contributed by atoms with Gasteiger partial charge in [-0.2, -0.15) is 0 Å². The largest absolute Gasteiger partial charge is 0.439 e. The Labute approximate surface area is 163 Å². The zero-order valence-electron chi connectivity index (χ0n) is 13.7. The maximum atomic E-state index is 13.2. The Balaban J connectivity index is 0.00000169. The van der Waals surface area contributed by atoms with E-state index in [0.29, 0.717) is 30.2 Å². The van der Waals surface area contributed by atoms with Gasteiger partial charge >= 0.3 is 0 Å². The Kier molecular flexibility index (Phi) is 8.74. The highest BCUT2D eigenvalue weighted by molar-refractivity contribution is 5.85. The number of rotatable bonds is 5. The molecule has 2 unspecified atom stereocenters. The average molecular weight is 404 g/mol. The number of β-amino-alcohol motifs (C(OH)–C–C–N with tert-alkyl or cyclic N) is 1. The molecule has 1 aromatic heterocycles. The standard InChI is InChI=1S/C17H18FN3O3.2ClH/c18-12-4-1-5-14(7-12)24-17-11(3-2-6-19-17)9-21-16(23)15-8-13(22)10-20-15;;/h1-7,13,15,20,22H,8-10H2,(H,21,23);2*1H. The van der Waals surface area contributed by atoms with Crippen molar-refractivity contribution in [2.45, 2.75) is 25.1 Å². The molecule has 2 atom stereocenters. The summed E-state index contributed by atoms with van der Waals surface area (Å²) < 4.78 is 18.9. The number of carbonyl (C=O) groups is 1. The van der Waals surface area contributed by atoms with E-state index in [1.807, 2.05) is 0 Å². The van der Waals surface area contributed by atoms with E-state index >= 15 is 0 Å². The highest BCUT2D eigenvalue weighted by Crippen LogP contribution is 2.23. The molecule has 0 aliphatic carbocycles. The predicted molar refractivity (Wildman–Crippen MR) is 99.5 cm³/mol. The quantitative estimate of drug-likeness (QED) is 0.712. The van der Waals surface area contributed by atoms with Gasteiger partial charge in [0.25, 0.3) is 0 Å². The van der Waals surface area contributed by atoms with Crippen LogP contribution in [0.1, 0.15) is 12.0 Å². The Morgan fingerprint density at radius 3 is 2.85 bits per heavy atom. The molecule has 26 heavy (non-hydrogen) atoms. The lowest BCUT2D eigenvalue weighted by Crippen LogP contribution is -2.40. The number of hydrogen-bond acceptors (Lipinski definition) is 5. The Hall–Kier alpha value is -1.93. The van der Waals surface area contributed by atoms with Crippen LogP contribution in [0.15, 0.2) is 42.6 Å². The van der Waals surface area contributed by atoms with Gasteiger partial charge in [0.05, 0.1) is 12.1 Å². The third-order valence-electron chi connectivity index (χ3n) is 3.74. The van der Waals surface area contributed by atoms with Crippen molar-refractivity contribution in [3.05, 3.63) is 54.0 Å². The third-order valence-corrected chi connectivity index (χ3v) is 3.74. The smallest absolute Gasteiger partial charge is 0.237 e. The number of aliphatic hydroxyl groups excluding tert-OH is 1. The Bertz CT molecular complexity index is 736. The maximum Gasteiger partial charge on any atom is 0.237 e. The first kappa shape index (κ1) is 22.1. The molecule has 0 bridgehead atoms. The van der Waals surface area contributed by atoms with Crippen molar-refractivity contribution < 1.29 is 19.0 Å². The second-order valence-corrected chi connectivity index (χ2v) is 5.60. The first-order chi connectivity index (χ1) is 11.6. The minimum Gasteiger partial charge on any atom is -0.439 e. The van der Waals surface area contributed by atoms with E-state index < -0.39 is 18.0 Å². The summed E-state index contributed by atoms with van der Waals surface area (Å²) in [7, 11) is 0. The van der Waals surface area contributed by atoms with Crippen LogP contribution in [0.25, 0.3) is 0 Å². The summed E-state index contributed by atoms with van der Waals surface area (Å²) in [5.74, 6) is 0.0564. The Morgan fingerprint density at radius 2 is 2.15 bits per heavy atom. The lowest BCUT2D eigenvalue weighted by Gasteiger charge is -2.13. The van der Waals surface area contributed by atoms with Gasteiger partial charge < -0.3 is 20.5 Å². The van der Waals surface area contributed by atoms with Crippen molar-refractivity contribution in [3.63, 3.8) is 0 Å². The first-order valence-corrected chi connectivity index (χ1v) is 7.68. The monoisotopic (exact) mass is 403 g/mol. The molecule has 1 saturated heterocycles. The summed E-state index contributed by atoms with van der Waals surface area (Å²) in [6.07, 6.45) is 1.46. The number of aromatic nitrogens is 1. The normalized spacial score (nSPS) is 18.4. The number of pyridine rings is 1. The molecule has 1 aromatic carbocycles. The first-order valence-electron chi connectivity index (χ1n) is 7.68. The molecule has 1 fully saturated rings. The molecular weight excluding hydrogens is 384 g/mol. The van der Waals surface area contributed by atoms with Gasteiger partial charge in [0.15, 0.2) is 0 Å². The molecule has 3 rings (SSSR count). The van der Waals surface area contributed by atoms with Crippen molar-refractivity contribution in [3.8, 4) is 11.6 Å². The van der Waals surface area contributed by atoms with Gasteiger partial charge in [-0.3, -0.25) is 4.79 Å². The fourth-order valence-corrected chi connectivity index (χ4v) is 2.51. The molecule has 9 heteroatoms. The lowest BCUT2D eigenvalue weighted by molar-refractivity contribution is -0.123. The fraction of sp³-hybridized carbons (Fsp3) is 0.294. The number of hydrogen-bond donors (Lipinski definition) is 3. The molecule has 0 radical (unpaired) electrons. The highest BCUT2D eigenvalue weighted by atomic mass is 35.5. The molecular formula is C17H20Cl2FN3O3.